The average Bonchev–Trinajstić information content (AvgIpc) is 2.89. The summed E-state index contributed by atoms with van der Waals surface area (Å²) >= 11 is 0. The third-order valence-electron chi connectivity index (χ3n) is 2.74. The number of hydrogen-bond donors (Lipinski definition) is 3. The molecule has 0 spiro atoms. The first-order valence-corrected chi connectivity index (χ1v) is 5.75. The molecule has 2 rings (SSSR count). The molecule has 18 heavy (non-hydrogen) atoms. The van der Waals surface area contributed by atoms with Crippen LogP contribution in [0, 0.1) is 6.92 Å². The molecule has 0 unspecified atom stereocenters. The van der Waals surface area contributed by atoms with Crippen LogP contribution < -0.4 is 10.6 Å². The molecule has 0 saturated carbocycles. The highest BCUT2D eigenvalue weighted by Crippen LogP contribution is 2.17. The van der Waals surface area contributed by atoms with Gasteiger partial charge in [0, 0.05) is 24.5 Å². The fourth-order valence-corrected chi connectivity index (χ4v) is 1.72. The predicted molar refractivity (Wildman–Crippen MR) is 70.5 cm³/mol. The number of nitrogens with zero attached hydrogens (tertiary/aromatic N) is 1. The maximum atomic E-state index is 11.5. The summed E-state index contributed by atoms with van der Waals surface area (Å²) in [5.41, 5.74) is 3.74. The number of anilines is 1. The molecule has 1 aromatic carbocycles. The minimum atomic E-state index is -0.0711. The third-order valence-corrected chi connectivity index (χ3v) is 2.74. The first kappa shape index (κ1) is 12.2. The minimum Gasteiger partial charge on any atom is -0.379 e. The van der Waals surface area contributed by atoms with Gasteiger partial charge in [0.15, 0.2) is 0 Å². The second kappa shape index (κ2) is 5.35. The number of hydrogen-bond acceptors (Lipinski definition) is 3. The Hall–Kier alpha value is -2.30. The highest BCUT2D eigenvalue weighted by Gasteiger charge is 2.05. The number of H-pyrrole nitrogens is 1. The molecule has 5 heteroatoms. The van der Waals surface area contributed by atoms with Crippen LogP contribution in [-0.2, 0) is 6.54 Å². The van der Waals surface area contributed by atoms with Crippen molar-refractivity contribution in [3.8, 4) is 0 Å². The first-order valence-electron chi connectivity index (χ1n) is 5.75. The lowest BCUT2D eigenvalue weighted by Crippen LogP contribution is -2.17. The average molecular weight is 244 g/mol. The molecule has 0 atom stereocenters. The second-order valence-electron chi connectivity index (χ2n) is 4.04. The van der Waals surface area contributed by atoms with Gasteiger partial charge >= 0.3 is 0 Å². The maximum Gasteiger partial charge on any atom is 0.251 e. The van der Waals surface area contributed by atoms with Gasteiger partial charge in [0.2, 0.25) is 0 Å². The zero-order valence-corrected chi connectivity index (χ0v) is 10.4. The Morgan fingerprint density at radius 2 is 2.22 bits per heavy atom. The number of aromatic nitrogens is 2. The highest BCUT2D eigenvalue weighted by atomic mass is 16.1. The Kier molecular flexibility index (Phi) is 3.62. The zero-order valence-electron chi connectivity index (χ0n) is 10.4. The van der Waals surface area contributed by atoms with Crippen LogP contribution in [0.4, 0.5) is 5.69 Å². The third kappa shape index (κ3) is 2.68. The van der Waals surface area contributed by atoms with Crippen molar-refractivity contribution < 1.29 is 4.79 Å². The SMILES string of the molecule is CNC(=O)c1ccc(NCc2ccn[nH]2)c(C)c1. The van der Waals surface area contributed by atoms with Gasteiger partial charge in [0.1, 0.15) is 0 Å². The number of rotatable bonds is 4. The fourth-order valence-electron chi connectivity index (χ4n) is 1.72. The van der Waals surface area contributed by atoms with E-state index in [1.165, 1.54) is 0 Å². The molecule has 0 bridgehead atoms. The van der Waals surface area contributed by atoms with Crippen molar-refractivity contribution >= 4 is 11.6 Å². The smallest absolute Gasteiger partial charge is 0.251 e. The molecule has 94 valence electrons. The van der Waals surface area contributed by atoms with Gasteiger partial charge < -0.3 is 10.6 Å². The first-order chi connectivity index (χ1) is 8.70. The van der Waals surface area contributed by atoms with Crippen LogP contribution in [0.2, 0.25) is 0 Å². The number of amides is 1. The molecule has 1 heterocycles. The quantitative estimate of drug-likeness (QED) is 0.766. The number of nitrogens with one attached hydrogen (secondary N) is 3. The van der Waals surface area contributed by atoms with Crippen LogP contribution in [0.5, 0.6) is 0 Å². The molecule has 5 nitrogen and oxygen atoms in total. The van der Waals surface area contributed by atoms with Crippen LogP contribution in [0.3, 0.4) is 0 Å². The number of carbonyl (C=O) groups is 1. The van der Waals surface area contributed by atoms with Crippen molar-refractivity contribution in [1.29, 1.82) is 0 Å². The zero-order chi connectivity index (χ0) is 13.0. The Morgan fingerprint density at radius 1 is 1.39 bits per heavy atom. The maximum absolute atomic E-state index is 11.5. The van der Waals surface area contributed by atoms with E-state index in [0.717, 1.165) is 16.9 Å². The molecule has 0 saturated heterocycles. The van der Waals surface area contributed by atoms with Gasteiger partial charge in [-0.3, -0.25) is 9.89 Å². The van der Waals surface area contributed by atoms with Crippen molar-refractivity contribution in [2.45, 2.75) is 13.5 Å². The molecule has 0 fully saturated rings. The van der Waals surface area contributed by atoms with Crippen molar-refractivity contribution in [1.82, 2.24) is 15.5 Å². The van der Waals surface area contributed by atoms with Crippen LogP contribution >= 0.6 is 0 Å². The van der Waals surface area contributed by atoms with Gasteiger partial charge in [-0.25, -0.2) is 0 Å². The Bertz CT molecular complexity index is 534. The molecule has 0 aliphatic carbocycles. The summed E-state index contributed by atoms with van der Waals surface area (Å²) in [6, 6.07) is 7.51. The molecular weight excluding hydrogens is 228 g/mol. The molecular formula is C13H16N4O. The molecule has 0 radical (unpaired) electrons. The summed E-state index contributed by atoms with van der Waals surface area (Å²) in [7, 11) is 1.63. The number of carbonyl (C=O) groups excluding carboxylic acids is 1. The second-order valence-corrected chi connectivity index (χ2v) is 4.04. The van der Waals surface area contributed by atoms with E-state index < -0.39 is 0 Å². The van der Waals surface area contributed by atoms with Crippen molar-refractivity contribution in [2.75, 3.05) is 12.4 Å². The lowest BCUT2D eigenvalue weighted by atomic mass is 10.1. The van der Waals surface area contributed by atoms with Gasteiger partial charge in [-0.1, -0.05) is 0 Å². The highest BCUT2D eigenvalue weighted by molar-refractivity contribution is 5.94. The normalized spacial score (nSPS) is 10.1. The van der Waals surface area contributed by atoms with Crippen molar-refractivity contribution in [2.24, 2.45) is 0 Å². The van der Waals surface area contributed by atoms with E-state index in [4.69, 9.17) is 0 Å². The standard InChI is InChI=1S/C13H16N4O/c1-9-7-10(13(18)14-2)3-4-12(9)15-8-11-5-6-16-17-11/h3-7,15H,8H2,1-2H3,(H,14,18)(H,16,17). The summed E-state index contributed by atoms with van der Waals surface area (Å²) in [6.07, 6.45) is 1.72. The van der Waals surface area contributed by atoms with E-state index in [0.29, 0.717) is 12.1 Å². The monoisotopic (exact) mass is 244 g/mol. The largest absolute Gasteiger partial charge is 0.379 e. The van der Waals surface area contributed by atoms with E-state index >= 15 is 0 Å². The summed E-state index contributed by atoms with van der Waals surface area (Å²) in [4.78, 5) is 11.5. The van der Waals surface area contributed by atoms with Crippen LogP contribution in [-0.4, -0.2) is 23.2 Å². The minimum absolute atomic E-state index is 0.0711. The summed E-state index contributed by atoms with van der Waals surface area (Å²) in [6.45, 7) is 2.65. The van der Waals surface area contributed by atoms with Gasteiger partial charge in [0.25, 0.3) is 5.91 Å². The van der Waals surface area contributed by atoms with Gasteiger partial charge in [-0.2, -0.15) is 5.10 Å². The van der Waals surface area contributed by atoms with E-state index in [1.54, 1.807) is 19.3 Å². The van der Waals surface area contributed by atoms with Crippen LogP contribution in [0.15, 0.2) is 30.5 Å². The lowest BCUT2D eigenvalue weighted by molar-refractivity contribution is 0.0963. The fraction of sp³-hybridized carbons (Fsp3) is 0.231. The van der Waals surface area contributed by atoms with E-state index in [1.807, 2.05) is 25.1 Å². The van der Waals surface area contributed by atoms with Gasteiger partial charge in [-0.05, 0) is 36.8 Å². The van der Waals surface area contributed by atoms with E-state index in [9.17, 15) is 4.79 Å². The summed E-state index contributed by atoms with van der Waals surface area (Å²) in [5.74, 6) is -0.0711. The molecule has 1 aromatic heterocycles. The van der Waals surface area contributed by atoms with Gasteiger partial charge in [0.05, 0.1) is 12.2 Å². The molecule has 3 N–H and O–H groups in total. The van der Waals surface area contributed by atoms with E-state index in [-0.39, 0.29) is 5.91 Å². The van der Waals surface area contributed by atoms with Crippen LogP contribution in [0.25, 0.3) is 0 Å². The van der Waals surface area contributed by atoms with Gasteiger partial charge in [-0.15, -0.1) is 0 Å². The Morgan fingerprint density at radius 3 is 2.83 bits per heavy atom. The Balaban J connectivity index is 2.08. The summed E-state index contributed by atoms with van der Waals surface area (Å²) in [5, 5.41) is 12.7. The predicted octanol–water partition coefficient (Wildman–Crippen LogP) is 1.69. The van der Waals surface area contributed by atoms with Crippen LogP contribution in [0.1, 0.15) is 21.6 Å². The number of aromatic amines is 1. The molecule has 2 aromatic rings. The van der Waals surface area contributed by atoms with Crippen molar-refractivity contribution in [3.63, 3.8) is 0 Å². The molecule has 0 aliphatic rings. The Labute approximate surface area is 106 Å². The van der Waals surface area contributed by atoms with Crippen molar-refractivity contribution in [3.05, 3.63) is 47.3 Å². The van der Waals surface area contributed by atoms with E-state index in [2.05, 4.69) is 20.8 Å². The molecule has 0 aliphatic heterocycles. The lowest BCUT2D eigenvalue weighted by Gasteiger charge is -2.10. The summed E-state index contributed by atoms with van der Waals surface area (Å²) < 4.78 is 0. The number of aryl methyl sites for hydroxylation is 1. The molecule has 1 amide bonds. The topological polar surface area (TPSA) is 69.8 Å². The number of benzene rings is 1.